The lowest BCUT2D eigenvalue weighted by molar-refractivity contribution is -0.143. The molecule has 0 fully saturated rings. The number of rotatable bonds is 3. The highest BCUT2D eigenvalue weighted by Gasteiger charge is 2.29. The Balaban J connectivity index is 2.37. The van der Waals surface area contributed by atoms with Crippen LogP contribution in [0.2, 0.25) is 0 Å². The number of hydrogen-bond acceptors (Lipinski definition) is 3. The molecule has 2 rings (SSSR count). The Hall–Kier alpha value is -2.37. The predicted octanol–water partition coefficient (Wildman–Crippen LogP) is 0.990. The van der Waals surface area contributed by atoms with Crippen LogP contribution in [0.25, 0.3) is 0 Å². The molecule has 20 heavy (non-hydrogen) atoms. The summed E-state index contributed by atoms with van der Waals surface area (Å²) in [6, 6.07) is 4.69. The fourth-order valence-electron chi connectivity index (χ4n) is 2.47. The summed E-state index contributed by atoms with van der Waals surface area (Å²) >= 11 is 0. The smallest absolute Gasteiger partial charge is 0.335 e. The molecule has 6 heteroatoms. The summed E-state index contributed by atoms with van der Waals surface area (Å²) in [6.07, 6.45) is 0.105. The van der Waals surface area contributed by atoms with E-state index in [2.05, 4.69) is 0 Å². The molecule has 2 N–H and O–H groups in total. The van der Waals surface area contributed by atoms with Crippen molar-refractivity contribution in [1.82, 2.24) is 4.90 Å². The number of aliphatic carboxylic acids is 1. The van der Waals surface area contributed by atoms with Crippen molar-refractivity contribution in [2.75, 3.05) is 7.05 Å². The molecular formula is C14H15NO5. The van der Waals surface area contributed by atoms with Gasteiger partial charge in [-0.25, -0.2) is 4.79 Å². The van der Waals surface area contributed by atoms with Crippen molar-refractivity contribution in [3.63, 3.8) is 0 Å². The molecule has 1 atom stereocenters. The van der Waals surface area contributed by atoms with Gasteiger partial charge in [0.2, 0.25) is 5.91 Å². The number of fused-ring (bicyclic) bond motifs is 1. The van der Waals surface area contributed by atoms with Gasteiger partial charge in [0.15, 0.2) is 0 Å². The van der Waals surface area contributed by atoms with Crippen molar-refractivity contribution in [3.8, 4) is 0 Å². The number of aromatic carboxylic acids is 1. The van der Waals surface area contributed by atoms with Crippen LogP contribution in [0, 0.1) is 5.92 Å². The van der Waals surface area contributed by atoms with E-state index >= 15 is 0 Å². The first-order valence-electron chi connectivity index (χ1n) is 6.20. The average Bonchev–Trinajstić information content (AvgIpc) is 2.47. The lowest BCUT2D eigenvalue weighted by Gasteiger charge is -2.18. The van der Waals surface area contributed by atoms with E-state index in [1.54, 1.807) is 19.2 Å². The largest absolute Gasteiger partial charge is 0.481 e. The number of carboxylic acid groups (broad SMARTS) is 2. The van der Waals surface area contributed by atoms with Crippen LogP contribution >= 0.6 is 0 Å². The van der Waals surface area contributed by atoms with Gasteiger partial charge in [-0.15, -0.1) is 0 Å². The number of benzene rings is 1. The predicted molar refractivity (Wildman–Crippen MR) is 69.3 cm³/mol. The third-order valence-electron chi connectivity index (χ3n) is 3.47. The summed E-state index contributed by atoms with van der Waals surface area (Å²) in [5, 5.41) is 17.9. The molecular weight excluding hydrogens is 262 g/mol. The van der Waals surface area contributed by atoms with Crippen LogP contribution in [0.3, 0.4) is 0 Å². The lowest BCUT2D eigenvalue weighted by atomic mass is 9.93. The van der Waals surface area contributed by atoms with Gasteiger partial charge in [0.1, 0.15) is 0 Å². The Morgan fingerprint density at radius 3 is 2.60 bits per heavy atom. The van der Waals surface area contributed by atoms with Gasteiger partial charge in [0.05, 0.1) is 17.9 Å². The first-order valence-corrected chi connectivity index (χ1v) is 6.20. The van der Waals surface area contributed by atoms with Gasteiger partial charge in [-0.2, -0.15) is 0 Å². The number of carbonyl (C=O) groups is 3. The topological polar surface area (TPSA) is 94.9 Å². The van der Waals surface area contributed by atoms with Gasteiger partial charge < -0.3 is 15.1 Å². The number of carboxylic acids is 2. The maximum atomic E-state index is 12.1. The summed E-state index contributed by atoms with van der Waals surface area (Å²) in [5.74, 6) is -2.86. The van der Waals surface area contributed by atoms with Crippen molar-refractivity contribution in [3.05, 3.63) is 34.9 Å². The fraction of sp³-hybridized carbons (Fsp3) is 0.357. The highest BCUT2D eigenvalue weighted by Crippen LogP contribution is 2.25. The monoisotopic (exact) mass is 277 g/mol. The summed E-state index contributed by atoms with van der Waals surface area (Å²) in [5.41, 5.74) is 1.76. The Morgan fingerprint density at radius 1 is 1.30 bits per heavy atom. The van der Waals surface area contributed by atoms with Gasteiger partial charge in [-0.3, -0.25) is 9.59 Å². The van der Waals surface area contributed by atoms with Crippen LogP contribution in [0.15, 0.2) is 18.2 Å². The maximum absolute atomic E-state index is 12.1. The molecule has 0 spiro atoms. The first kappa shape index (κ1) is 14.0. The van der Waals surface area contributed by atoms with Crippen LogP contribution in [0.1, 0.15) is 27.9 Å². The second-order valence-electron chi connectivity index (χ2n) is 4.98. The molecule has 1 aliphatic heterocycles. The first-order chi connectivity index (χ1) is 9.38. The lowest BCUT2D eigenvalue weighted by Crippen LogP contribution is -2.32. The number of amides is 1. The molecule has 106 valence electrons. The third-order valence-corrected chi connectivity index (χ3v) is 3.47. The Labute approximate surface area is 115 Å². The number of nitrogens with zero attached hydrogens (tertiary/aromatic N) is 1. The standard InChI is InChI=1S/C14H15NO5/c1-15-7-11-5-9(14(19)20)3-2-8(11)4-10(13(15)18)6-12(16)17/h2-3,5,10H,4,6-7H2,1H3,(H,16,17)(H,19,20)/t10-/m1/s1. The third kappa shape index (κ3) is 2.79. The molecule has 1 aliphatic rings. The Kier molecular flexibility index (Phi) is 3.74. The minimum Gasteiger partial charge on any atom is -0.481 e. The Morgan fingerprint density at radius 2 is 2.00 bits per heavy atom. The zero-order chi connectivity index (χ0) is 14.9. The second kappa shape index (κ2) is 5.32. The molecule has 1 aromatic rings. The van der Waals surface area contributed by atoms with Crippen LogP contribution in [0.4, 0.5) is 0 Å². The molecule has 6 nitrogen and oxygen atoms in total. The van der Waals surface area contributed by atoms with E-state index in [9.17, 15) is 14.4 Å². The minimum absolute atomic E-state index is 0.168. The quantitative estimate of drug-likeness (QED) is 0.859. The van der Waals surface area contributed by atoms with E-state index in [1.165, 1.54) is 11.0 Å². The van der Waals surface area contributed by atoms with Crippen molar-refractivity contribution in [2.24, 2.45) is 5.92 Å². The summed E-state index contributed by atoms with van der Waals surface area (Å²) in [7, 11) is 1.60. The molecule has 0 radical (unpaired) electrons. The van der Waals surface area contributed by atoms with Crippen molar-refractivity contribution < 1.29 is 24.6 Å². The molecule has 1 aromatic carbocycles. The zero-order valence-corrected chi connectivity index (χ0v) is 11.0. The zero-order valence-electron chi connectivity index (χ0n) is 11.0. The van der Waals surface area contributed by atoms with Crippen molar-refractivity contribution >= 4 is 17.8 Å². The molecule has 0 aromatic heterocycles. The van der Waals surface area contributed by atoms with Gasteiger partial charge in [0, 0.05) is 13.6 Å². The van der Waals surface area contributed by atoms with Gasteiger partial charge in [-0.1, -0.05) is 6.07 Å². The minimum atomic E-state index is -1.02. The molecule has 0 bridgehead atoms. The van der Waals surface area contributed by atoms with E-state index in [0.29, 0.717) is 13.0 Å². The molecule has 0 saturated heterocycles. The van der Waals surface area contributed by atoms with E-state index in [0.717, 1.165) is 11.1 Å². The van der Waals surface area contributed by atoms with Crippen LogP contribution in [-0.4, -0.2) is 40.0 Å². The van der Waals surface area contributed by atoms with E-state index in [4.69, 9.17) is 10.2 Å². The van der Waals surface area contributed by atoms with Gasteiger partial charge >= 0.3 is 11.9 Å². The SMILES string of the molecule is CN1Cc2cc(C(=O)O)ccc2C[C@H](CC(=O)O)C1=O. The number of carbonyl (C=O) groups excluding carboxylic acids is 1. The molecule has 0 aliphatic carbocycles. The number of hydrogen-bond donors (Lipinski definition) is 2. The Bertz CT molecular complexity index is 581. The van der Waals surface area contributed by atoms with E-state index in [-0.39, 0.29) is 17.9 Å². The highest BCUT2D eigenvalue weighted by atomic mass is 16.4. The highest BCUT2D eigenvalue weighted by molar-refractivity contribution is 5.88. The van der Waals surface area contributed by atoms with Crippen molar-refractivity contribution in [1.29, 1.82) is 0 Å². The molecule has 1 heterocycles. The van der Waals surface area contributed by atoms with Crippen LogP contribution in [-0.2, 0) is 22.6 Å². The van der Waals surface area contributed by atoms with E-state index < -0.39 is 17.9 Å². The van der Waals surface area contributed by atoms with Crippen LogP contribution < -0.4 is 0 Å². The fourth-order valence-corrected chi connectivity index (χ4v) is 2.47. The summed E-state index contributed by atoms with van der Waals surface area (Å²) in [4.78, 5) is 35.4. The van der Waals surface area contributed by atoms with Crippen molar-refractivity contribution in [2.45, 2.75) is 19.4 Å². The van der Waals surface area contributed by atoms with Crippen LogP contribution in [0.5, 0.6) is 0 Å². The molecule has 1 amide bonds. The maximum Gasteiger partial charge on any atom is 0.335 e. The average molecular weight is 277 g/mol. The second-order valence-corrected chi connectivity index (χ2v) is 4.98. The molecule has 0 saturated carbocycles. The van der Waals surface area contributed by atoms with Gasteiger partial charge in [0.25, 0.3) is 0 Å². The van der Waals surface area contributed by atoms with E-state index in [1.807, 2.05) is 0 Å². The summed E-state index contributed by atoms with van der Waals surface area (Å²) in [6.45, 7) is 0.297. The normalized spacial score (nSPS) is 18.4. The van der Waals surface area contributed by atoms with Gasteiger partial charge in [-0.05, 0) is 29.7 Å². The summed E-state index contributed by atoms with van der Waals surface area (Å²) < 4.78 is 0. The molecule has 0 unspecified atom stereocenters.